The summed E-state index contributed by atoms with van der Waals surface area (Å²) in [5.41, 5.74) is 3.78. The van der Waals surface area contributed by atoms with E-state index >= 15 is 0 Å². The quantitative estimate of drug-likeness (QED) is 0.374. The zero-order valence-corrected chi connectivity index (χ0v) is 19.4. The summed E-state index contributed by atoms with van der Waals surface area (Å²) in [6.45, 7) is 5.85. The van der Waals surface area contributed by atoms with Gasteiger partial charge in [0.25, 0.3) is 5.91 Å². The van der Waals surface area contributed by atoms with Gasteiger partial charge < -0.3 is 14.5 Å². The number of benzene rings is 1. The first kappa shape index (κ1) is 23.0. The predicted molar refractivity (Wildman–Crippen MR) is 121 cm³/mol. The van der Waals surface area contributed by atoms with E-state index in [9.17, 15) is 9.59 Å². The van der Waals surface area contributed by atoms with E-state index in [-0.39, 0.29) is 12.5 Å². The van der Waals surface area contributed by atoms with Gasteiger partial charge in [-0.2, -0.15) is 0 Å². The number of halogens is 1. The second-order valence-corrected chi connectivity index (χ2v) is 8.56. The molecular formula is C22H24ClN3O4S. The number of methoxy groups -OCH3 is 1. The third-order valence-corrected chi connectivity index (χ3v) is 6.25. The molecule has 9 heteroatoms. The molecule has 2 N–H and O–H groups in total. The van der Waals surface area contributed by atoms with Gasteiger partial charge in [-0.25, -0.2) is 9.78 Å². The van der Waals surface area contributed by atoms with Crippen LogP contribution in [0.5, 0.6) is 0 Å². The summed E-state index contributed by atoms with van der Waals surface area (Å²) in [5, 5.41) is 4.01. The molecule has 0 bridgehead atoms. The van der Waals surface area contributed by atoms with E-state index < -0.39 is 5.97 Å². The predicted octanol–water partition coefficient (Wildman–Crippen LogP) is 4.70. The van der Waals surface area contributed by atoms with Crippen LogP contribution in [0.1, 0.15) is 48.1 Å². The summed E-state index contributed by atoms with van der Waals surface area (Å²) in [6.07, 6.45) is 2.36. The monoisotopic (exact) mass is 461 g/mol. The van der Waals surface area contributed by atoms with Gasteiger partial charge in [-0.1, -0.05) is 29.8 Å². The van der Waals surface area contributed by atoms with Crippen LogP contribution in [0.2, 0.25) is 5.02 Å². The molecule has 0 aliphatic heterocycles. The van der Waals surface area contributed by atoms with Crippen molar-refractivity contribution < 1.29 is 19.1 Å². The fourth-order valence-corrected chi connectivity index (χ4v) is 4.24. The van der Waals surface area contributed by atoms with Crippen LogP contribution >= 0.6 is 22.9 Å². The Kier molecular flexibility index (Phi) is 7.48. The zero-order chi connectivity index (χ0) is 22.5. The van der Waals surface area contributed by atoms with Gasteiger partial charge in [0.15, 0.2) is 5.13 Å². The summed E-state index contributed by atoms with van der Waals surface area (Å²) < 4.78 is 10.1. The first-order chi connectivity index (χ1) is 14.8. The molecule has 3 rings (SSSR count). The lowest BCUT2D eigenvalue weighted by Crippen LogP contribution is -2.14. The number of nitrogens with zero attached hydrogens (tertiary/aromatic N) is 1. The van der Waals surface area contributed by atoms with Gasteiger partial charge in [0, 0.05) is 35.3 Å². The van der Waals surface area contributed by atoms with Gasteiger partial charge in [-0.05, 0) is 37.5 Å². The van der Waals surface area contributed by atoms with E-state index in [1.807, 2.05) is 25.1 Å². The largest absolute Gasteiger partial charge is 0.460 e. The molecule has 0 atom stereocenters. The average Bonchev–Trinajstić information content (AvgIpc) is 3.28. The normalized spacial score (nSPS) is 10.9. The molecule has 31 heavy (non-hydrogen) atoms. The molecule has 7 nitrogen and oxygen atoms in total. The fourth-order valence-electron chi connectivity index (χ4n) is 3.21. The lowest BCUT2D eigenvalue weighted by Gasteiger charge is -2.05. The van der Waals surface area contributed by atoms with Gasteiger partial charge in [0.2, 0.25) is 0 Å². The first-order valence-corrected chi connectivity index (χ1v) is 10.9. The van der Waals surface area contributed by atoms with Crippen LogP contribution in [0.3, 0.4) is 0 Å². The number of nitrogens with one attached hydrogen (secondary N) is 2. The van der Waals surface area contributed by atoms with E-state index in [1.54, 1.807) is 20.0 Å². The van der Waals surface area contributed by atoms with Crippen LogP contribution in [0, 0.1) is 20.8 Å². The number of rotatable bonds is 8. The Hall–Kier alpha value is -2.68. The number of ether oxygens (including phenoxy) is 2. The Labute approximate surface area is 189 Å². The summed E-state index contributed by atoms with van der Waals surface area (Å²) in [4.78, 5) is 33.4. The molecule has 0 saturated carbocycles. The highest BCUT2D eigenvalue weighted by atomic mass is 35.5. The number of aryl methyl sites for hydroxylation is 2. The van der Waals surface area contributed by atoms with Gasteiger partial charge in [-0.3, -0.25) is 10.1 Å². The van der Waals surface area contributed by atoms with Crippen molar-refractivity contribution in [3.05, 3.63) is 67.9 Å². The number of hydrogen-bond donors (Lipinski definition) is 2. The van der Waals surface area contributed by atoms with E-state index in [0.29, 0.717) is 40.7 Å². The minimum absolute atomic E-state index is 0.147. The number of aromatic nitrogens is 2. The molecule has 0 fully saturated rings. The highest BCUT2D eigenvalue weighted by Gasteiger charge is 2.23. The van der Waals surface area contributed by atoms with Gasteiger partial charge in [0.05, 0.1) is 12.2 Å². The van der Waals surface area contributed by atoms with E-state index in [0.717, 1.165) is 21.0 Å². The number of amides is 1. The molecule has 0 aliphatic carbocycles. The standard InChI is InChI=1S/C22H24ClN3O4S/c1-12-6-5-7-15(18(12)23)10-16-11-24-22(31-16)26-20(27)19-13(2)17(14(3)25-19)21(28)30-9-8-29-4/h5-7,11,25H,8-10H2,1-4H3,(H,24,26,27). The highest BCUT2D eigenvalue weighted by Crippen LogP contribution is 2.27. The first-order valence-electron chi connectivity index (χ1n) is 9.67. The third kappa shape index (κ3) is 5.33. The van der Waals surface area contributed by atoms with Crippen molar-refractivity contribution in [2.24, 2.45) is 0 Å². The van der Waals surface area contributed by atoms with Crippen molar-refractivity contribution in [2.45, 2.75) is 27.2 Å². The molecule has 2 heterocycles. The van der Waals surface area contributed by atoms with Gasteiger partial charge in [0.1, 0.15) is 12.3 Å². The number of carbonyl (C=O) groups is 2. The third-order valence-electron chi connectivity index (χ3n) is 4.80. The maximum absolute atomic E-state index is 12.8. The number of anilines is 1. The second kappa shape index (κ2) is 10.1. The van der Waals surface area contributed by atoms with Crippen LogP contribution < -0.4 is 5.32 Å². The SMILES string of the molecule is COCCOC(=O)c1c(C)[nH]c(C(=O)Nc2ncc(Cc3cccc(C)c3Cl)s2)c1C. The Balaban J connectivity index is 1.70. The molecule has 3 aromatic rings. The topological polar surface area (TPSA) is 93.3 Å². The maximum Gasteiger partial charge on any atom is 0.340 e. The van der Waals surface area contributed by atoms with Crippen LogP contribution in [0.15, 0.2) is 24.4 Å². The van der Waals surface area contributed by atoms with Gasteiger partial charge in [-0.15, -0.1) is 11.3 Å². The number of thiazole rings is 1. The summed E-state index contributed by atoms with van der Waals surface area (Å²) >= 11 is 7.76. The lowest BCUT2D eigenvalue weighted by molar-refractivity contribution is 0.0387. The second-order valence-electron chi connectivity index (χ2n) is 7.06. The number of carbonyl (C=O) groups excluding carboxylic acids is 2. The number of H-pyrrole nitrogens is 1. The molecule has 2 aromatic heterocycles. The van der Waals surface area contributed by atoms with Crippen molar-refractivity contribution in [3.63, 3.8) is 0 Å². The number of aromatic amines is 1. The molecule has 0 aliphatic rings. The molecule has 164 valence electrons. The van der Waals surface area contributed by atoms with Gasteiger partial charge >= 0.3 is 5.97 Å². The fraction of sp³-hybridized carbons (Fsp3) is 0.318. The van der Waals surface area contributed by atoms with Crippen molar-refractivity contribution in [1.82, 2.24) is 9.97 Å². The molecule has 0 saturated heterocycles. The minimum atomic E-state index is -0.492. The molecule has 0 unspecified atom stereocenters. The van der Waals surface area contributed by atoms with Crippen LogP contribution in [0.25, 0.3) is 0 Å². The number of hydrogen-bond acceptors (Lipinski definition) is 6. The molecule has 1 amide bonds. The smallest absolute Gasteiger partial charge is 0.340 e. The van der Waals surface area contributed by atoms with E-state index in [1.165, 1.54) is 18.4 Å². The van der Waals surface area contributed by atoms with Crippen molar-refractivity contribution in [1.29, 1.82) is 0 Å². The Morgan fingerprint density at radius 3 is 2.74 bits per heavy atom. The van der Waals surface area contributed by atoms with Crippen molar-refractivity contribution in [3.8, 4) is 0 Å². The van der Waals surface area contributed by atoms with Crippen molar-refractivity contribution in [2.75, 3.05) is 25.6 Å². The summed E-state index contributed by atoms with van der Waals surface area (Å²) in [5.74, 6) is -0.861. The molecule has 0 radical (unpaired) electrons. The van der Waals surface area contributed by atoms with E-state index in [4.69, 9.17) is 21.1 Å². The van der Waals surface area contributed by atoms with E-state index in [2.05, 4.69) is 15.3 Å². The summed E-state index contributed by atoms with van der Waals surface area (Å²) in [7, 11) is 1.53. The summed E-state index contributed by atoms with van der Waals surface area (Å²) in [6, 6.07) is 5.91. The van der Waals surface area contributed by atoms with Crippen LogP contribution in [-0.2, 0) is 15.9 Å². The van der Waals surface area contributed by atoms with Crippen LogP contribution in [-0.4, -0.2) is 42.2 Å². The lowest BCUT2D eigenvalue weighted by atomic mass is 10.1. The van der Waals surface area contributed by atoms with Crippen LogP contribution in [0.4, 0.5) is 5.13 Å². The van der Waals surface area contributed by atoms with Crippen molar-refractivity contribution >= 4 is 39.9 Å². The zero-order valence-electron chi connectivity index (χ0n) is 17.8. The Morgan fingerprint density at radius 2 is 2.00 bits per heavy atom. The molecule has 0 spiro atoms. The minimum Gasteiger partial charge on any atom is -0.460 e. The molecular weight excluding hydrogens is 438 g/mol. The maximum atomic E-state index is 12.8. The molecule has 1 aromatic carbocycles. The highest BCUT2D eigenvalue weighted by molar-refractivity contribution is 7.15. The Morgan fingerprint density at radius 1 is 1.23 bits per heavy atom. The Bertz CT molecular complexity index is 1110. The average molecular weight is 462 g/mol. The number of esters is 1.